The number of nitrogens with two attached hydrogens (primary N) is 1. The lowest BCUT2D eigenvalue weighted by Gasteiger charge is -2.29. The van der Waals surface area contributed by atoms with Gasteiger partial charge in [-0.3, -0.25) is 9.78 Å². The molecular weight excluding hydrogens is 366 g/mol. The van der Waals surface area contributed by atoms with Crippen molar-refractivity contribution in [1.29, 1.82) is 0 Å². The highest BCUT2D eigenvalue weighted by molar-refractivity contribution is 6.15. The molecule has 0 unspecified atom stereocenters. The minimum absolute atomic E-state index is 0.0943. The quantitative estimate of drug-likeness (QED) is 0.456. The molecule has 0 atom stereocenters. The molecular formula is C19H17N3O6. The van der Waals surface area contributed by atoms with Crippen LogP contribution in [-0.2, 0) is 19.1 Å². The van der Waals surface area contributed by atoms with Crippen LogP contribution in [-0.4, -0.2) is 28.6 Å². The molecule has 9 nitrogen and oxygen atoms in total. The summed E-state index contributed by atoms with van der Waals surface area (Å²) >= 11 is 0. The minimum atomic E-state index is -1.29. The summed E-state index contributed by atoms with van der Waals surface area (Å²) in [6.07, 6.45) is 2.64. The number of primary amides is 1. The third kappa shape index (κ3) is 4.44. The molecule has 28 heavy (non-hydrogen) atoms. The molecule has 9 heteroatoms. The predicted octanol–water partition coefficient (Wildman–Crippen LogP) is 2.10. The molecule has 1 amide bonds. The zero-order valence-electron chi connectivity index (χ0n) is 15.1. The summed E-state index contributed by atoms with van der Waals surface area (Å²) in [6, 6.07) is 9.68. The zero-order chi connectivity index (χ0) is 20.3. The monoisotopic (exact) mass is 383 g/mol. The Morgan fingerprint density at radius 2 is 1.75 bits per heavy atom. The summed E-state index contributed by atoms with van der Waals surface area (Å²) in [6.45, 7) is 2.95. The van der Waals surface area contributed by atoms with E-state index in [9.17, 15) is 14.4 Å². The number of rotatable bonds is 5. The number of nitrogens with one attached hydrogen (secondary N) is 1. The van der Waals surface area contributed by atoms with E-state index in [1.807, 2.05) is 0 Å². The standard InChI is InChI=1S/C19H17N3O6/c1-19(2)27-17(24)14(18(25)28-19)10-22-11-3-5-12(6-4-11)26-13-7-8-21-15(9-13)16(20)23/h3-10,22H,1-2H3,(H2,20,23). The van der Waals surface area contributed by atoms with Crippen molar-refractivity contribution in [2.45, 2.75) is 19.6 Å². The Morgan fingerprint density at radius 3 is 2.36 bits per heavy atom. The molecule has 0 saturated carbocycles. The lowest BCUT2D eigenvalue weighted by atomic mass is 10.2. The van der Waals surface area contributed by atoms with Gasteiger partial charge in [0.2, 0.25) is 0 Å². The number of hydrogen-bond donors (Lipinski definition) is 2. The first-order chi connectivity index (χ1) is 13.2. The average molecular weight is 383 g/mol. The summed E-state index contributed by atoms with van der Waals surface area (Å²) in [4.78, 5) is 38.8. The fraction of sp³-hybridized carbons (Fsp3) is 0.158. The lowest BCUT2D eigenvalue weighted by Crippen LogP contribution is -2.42. The number of anilines is 1. The number of amides is 1. The average Bonchev–Trinajstić information content (AvgIpc) is 2.61. The highest BCUT2D eigenvalue weighted by atomic mass is 16.7. The van der Waals surface area contributed by atoms with E-state index in [0.29, 0.717) is 17.2 Å². The van der Waals surface area contributed by atoms with Gasteiger partial charge in [-0.1, -0.05) is 0 Å². The molecule has 2 heterocycles. The van der Waals surface area contributed by atoms with Crippen molar-refractivity contribution in [1.82, 2.24) is 4.98 Å². The first-order valence-corrected chi connectivity index (χ1v) is 8.21. The Bertz CT molecular complexity index is 944. The molecule has 1 aliphatic heterocycles. The number of cyclic esters (lactones) is 2. The smallest absolute Gasteiger partial charge is 0.350 e. The van der Waals surface area contributed by atoms with Crippen molar-refractivity contribution in [2.75, 3.05) is 5.32 Å². The number of esters is 2. The maximum absolute atomic E-state index is 11.9. The van der Waals surface area contributed by atoms with Crippen LogP contribution in [0.3, 0.4) is 0 Å². The van der Waals surface area contributed by atoms with Crippen LogP contribution >= 0.6 is 0 Å². The predicted molar refractivity (Wildman–Crippen MR) is 97.2 cm³/mol. The molecule has 1 aliphatic rings. The number of hydrogen-bond acceptors (Lipinski definition) is 8. The van der Waals surface area contributed by atoms with Gasteiger partial charge in [-0.2, -0.15) is 0 Å². The van der Waals surface area contributed by atoms with Gasteiger partial charge in [0.15, 0.2) is 5.57 Å². The number of aromatic nitrogens is 1. The van der Waals surface area contributed by atoms with Gasteiger partial charge in [0, 0.05) is 38.0 Å². The number of carbonyl (C=O) groups excluding carboxylic acids is 3. The Labute approximate surface area is 160 Å². The van der Waals surface area contributed by atoms with Gasteiger partial charge in [0.25, 0.3) is 11.7 Å². The molecule has 3 rings (SSSR count). The maximum atomic E-state index is 11.9. The van der Waals surface area contributed by atoms with Gasteiger partial charge >= 0.3 is 11.9 Å². The summed E-state index contributed by atoms with van der Waals surface area (Å²) in [5.41, 5.74) is 5.64. The SMILES string of the molecule is CC1(C)OC(=O)C(=CNc2ccc(Oc3ccnc(C(N)=O)c3)cc2)C(=O)O1. The molecule has 1 saturated heterocycles. The van der Waals surface area contributed by atoms with E-state index in [-0.39, 0.29) is 11.3 Å². The topological polar surface area (TPSA) is 130 Å². The molecule has 0 bridgehead atoms. The molecule has 144 valence electrons. The number of benzene rings is 1. The minimum Gasteiger partial charge on any atom is -0.457 e. The van der Waals surface area contributed by atoms with Crippen molar-refractivity contribution in [2.24, 2.45) is 5.73 Å². The Morgan fingerprint density at radius 1 is 1.11 bits per heavy atom. The van der Waals surface area contributed by atoms with Crippen molar-refractivity contribution in [3.05, 3.63) is 60.1 Å². The van der Waals surface area contributed by atoms with Crippen LogP contribution in [0.4, 0.5) is 5.69 Å². The van der Waals surface area contributed by atoms with Crippen LogP contribution in [0.2, 0.25) is 0 Å². The van der Waals surface area contributed by atoms with E-state index >= 15 is 0 Å². The van der Waals surface area contributed by atoms with Crippen LogP contribution in [0.25, 0.3) is 0 Å². The van der Waals surface area contributed by atoms with Crippen LogP contribution in [0.15, 0.2) is 54.4 Å². The van der Waals surface area contributed by atoms with E-state index in [0.717, 1.165) is 0 Å². The van der Waals surface area contributed by atoms with Gasteiger partial charge in [-0.25, -0.2) is 9.59 Å². The molecule has 1 fully saturated rings. The van der Waals surface area contributed by atoms with Crippen LogP contribution < -0.4 is 15.8 Å². The normalized spacial score (nSPS) is 15.3. The number of pyridine rings is 1. The number of carbonyl (C=O) groups is 3. The number of nitrogens with zero attached hydrogens (tertiary/aromatic N) is 1. The fourth-order valence-electron chi connectivity index (χ4n) is 2.30. The van der Waals surface area contributed by atoms with Crippen LogP contribution in [0.5, 0.6) is 11.5 Å². The Balaban J connectivity index is 1.66. The van der Waals surface area contributed by atoms with E-state index < -0.39 is 23.6 Å². The van der Waals surface area contributed by atoms with Gasteiger partial charge in [-0.15, -0.1) is 0 Å². The van der Waals surface area contributed by atoms with Gasteiger partial charge in [0.05, 0.1) is 0 Å². The van der Waals surface area contributed by atoms with E-state index in [1.165, 1.54) is 32.3 Å². The second-order valence-corrected chi connectivity index (χ2v) is 6.25. The summed E-state index contributed by atoms with van der Waals surface area (Å²) in [5.74, 6) is -2.57. The van der Waals surface area contributed by atoms with Crippen molar-refractivity contribution in [3.63, 3.8) is 0 Å². The molecule has 3 N–H and O–H groups in total. The molecule has 0 radical (unpaired) electrons. The first-order valence-electron chi connectivity index (χ1n) is 8.21. The second kappa shape index (κ2) is 7.39. The largest absolute Gasteiger partial charge is 0.457 e. The third-order valence-electron chi connectivity index (χ3n) is 3.57. The van der Waals surface area contributed by atoms with Crippen LogP contribution in [0, 0.1) is 0 Å². The lowest BCUT2D eigenvalue weighted by molar-refractivity contribution is -0.222. The molecule has 1 aromatic carbocycles. The fourth-order valence-corrected chi connectivity index (χ4v) is 2.30. The summed E-state index contributed by atoms with van der Waals surface area (Å²) < 4.78 is 15.7. The summed E-state index contributed by atoms with van der Waals surface area (Å²) in [5, 5.41) is 2.83. The number of ether oxygens (including phenoxy) is 3. The Hall–Kier alpha value is -3.88. The van der Waals surface area contributed by atoms with Crippen LogP contribution in [0.1, 0.15) is 24.3 Å². The zero-order valence-corrected chi connectivity index (χ0v) is 15.1. The van der Waals surface area contributed by atoms with Crippen molar-refractivity contribution in [3.8, 4) is 11.5 Å². The highest BCUT2D eigenvalue weighted by Crippen LogP contribution is 2.25. The molecule has 1 aromatic heterocycles. The molecule has 2 aromatic rings. The van der Waals surface area contributed by atoms with E-state index in [1.54, 1.807) is 30.3 Å². The molecule has 0 spiro atoms. The van der Waals surface area contributed by atoms with Gasteiger partial charge < -0.3 is 25.3 Å². The van der Waals surface area contributed by atoms with Crippen molar-refractivity contribution < 1.29 is 28.6 Å². The highest BCUT2D eigenvalue weighted by Gasteiger charge is 2.38. The van der Waals surface area contributed by atoms with Gasteiger partial charge in [0.1, 0.15) is 17.2 Å². The second-order valence-electron chi connectivity index (χ2n) is 6.25. The first kappa shape index (κ1) is 18.9. The molecule has 0 aliphatic carbocycles. The summed E-state index contributed by atoms with van der Waals surface area (Å²) in [7, 11) is 0. The third-order valence-corrected chi connectivity index (χ3v) is 3.57. The maximum Gasteiger partial charge on any atom is 0.350 e. The van der Waals surface area contributed by atoms with E-state index in [4.69, 9.17) is 19.9 Å². The van der Waals surface area contributed by atoms with Gasteiger partial charge in [-0.05, 0) is 30.3 Å². The van der Waals surface area contributed by atoms with E-state index in [2.05, 4.69) is 10.3 Å². The Kier molecular flexibility index (Phi) is 4.99. The van der Waals surface area contributed by atoms with Crippen molar-refractivity contribution >= 4 is 23.5 Å².